The van der Waals surface area contributed by atoms with Gasteiger partial charge in [0.05, 0.1) is 12.2 Å². The summed E-state index contributed by atoms with van der Waals surface area (Å²) in [7, 11) is 0. The number of primary amides is 1. The minimum Gasteiger partial charge on any atom is -0.370 e. The van der Waals surface area contributed by atoms with Crippen LogP contribution in [0.5, 0.6) is 0 Å². The lowest BCUT2D eigenvalue weighted by molar-refractivity contribution is -0.121. The first-order valence-electron chi connectivity index (χ1n) is 8.11. The Bertz CT molecular complexity index is 697. The molecular weight excluding hydrogens is 322 g/mol. The van der Waals surface area contributed by atoms with Crippen molar-refractivity contribution in [1.29, 1.82) is 0 Å². The van der Waals surface area contributed by atoms with E-state index in [2.05, 4.69) is 29.4 Å². The molecule has 0 saturated heterocycles. The summed E-state index contributed by atoms with van der Waals surface area (Å²) in [6.45, 7) is 2.51. The van der Waals surface area contributed by atoms with Gasteiger partial charge in [-0.15, -0.1) is 11.3 Å². The Kier molecular flexibility index (Phi) is 6.93. The lowest BCUT2D eigenvalue weighted by atomic mass is 10.1. The third-order valence-electron chi connectivity index (χ3n) is 3.72. The van der Waals surface area contributed by atoms with Crippen molar-refractivity contribution in [3.63, 3.8) is 0 Å². The van der Waals surface area contributed by atoms with E-state index in [4.69, 9.17) is 5.73 Å². The maximum atomic E-state index is 11.8. The maximum Gasteiger partial charge on any atom is 0.220 e. The standard InChI is InChI=1S/C18H23N3O2S/c1-13-7-5-6-8-15(13)18-21-14(12-24-18)11-20-17(23)10-4-2-3-9-16(19)22/h5-8,12H,2-4,9-11H2,1H3,(H2,19,22)(H,20,23). The maximum absolute atomic E-state index is 11.8. The van der Waals surface area contributed by atoms with E-state index in [1.165, 1.54) is 5.56 Å². The molecule has 24 heavy (non-hydrogen) atoms. The van der Waals surface area contributed by atoms with Gasteiger partial charge in [0, 0.05) is 23.8 Å². The predicted molar refractivity (Wildman–Crippen MR) is 96.4 cm³/mol. The number of unbranched alkanes of at least 4 members (excludes halogenated alkanes) is 2. The molecule has 0 saturated carbocycles. The highest BCUT2D eigenvalue weighted by molar-refractivity contribution is 7.13. The number of aromatic nitrogens is 1. The Morgan fingerprint density at radius 3 is 2.67 bits per heavy atom. The molecule has 6 heteroatoms. The average Bonchev–Trinajstić information content (AvgIpc) is 3.01. The smallest absolute Gasteiger partial charge is 0.220 e. The van der Waals surface area contributed by atoms with E-state index in [-0.39, 0.29) is 11.8 Å². The van der Waals surface area contributed by atoms with E-state index < -0.39 is 0 Å². The molecule has 1 heterocycles. The number of aryl methyl sites for hydroxylation is 1. The molecule has 1 aromatic heterocycles. The van der Waals surface area contributed by atoms with Crippen LogP contribution in [0, 0.1) is 6.92 Å². The SMILES string of the molecule is Cc1ccccc1-c1nc(CNC(=O)CCCCCC(N)=O)cs1. The van der Waals surface area contributed by atoms with Crippen LogP contribution in [0.2, 0.25) is 0 Å². The van der Waals surface area contributed by atoms with Crippen LogP contribution in [0.25, 0.3) is 10.6 Å². The van der Waals surface area contributed by atoms with E-state index >= 15 is 0 Å². The summed E-state index contributed by atoms with van der Waals surface area (Å²) in [5.74, 6) is -0.271. The molecule has 0 aliphatic carbocycles. The first-order chi connectivity index (χ1) is 11.6. The van der Waals surface area contributed by atoms with Crippen LogP contribution < -0.4 is 11.1 Å². The third-order valence-corrected chi connectivity index (χ3v) is 4.65. The molecular formula is C18H23N3O2S. The highest BCUT2D eigenvalue weighted by atomic mass is 32.1. The van der Waals surface area contributed by atoms with E-state index in [0.717, 1.165) is 35.5 Å². The molecule has 0 spiro atoms. The van der Waals surface area contributed by atoms with Crippen molar-refractivity contribution >= 4 is 23.2 Å². The molecule has 0 bridgehead atoms. The van der Waals surface area contributed by atoms with Gasteiger partial charge in [-0.3, -0.25) is 9.59 Å². The molecule has 5 nitrogen and oxygen atoms in total. The number of rotatable bonds is 9. The van der Waals surface area contributed by atoms with Gasteiger partial charge in [0.15, 0.2) is 0 Å². The summed E-state index contributed by atoms with van der Waals surface area (Å²) >= 11 is 1.59. The van der Waals surface area contributed by atoms with Gasteiger partial charge in [0.25, 0.3) is 0 Å². The fourth-order valence-electron chi connectivity index (χ4n) is 2.36. The molecule has 0 unspecified atom stereocenters. The second-order valence-corrected chi connectivity index (χ2v) is 6.62. The minimum absolute atomic E-state index is 0.0134. The number of nitrogens with two attached hydrogens (primary N) is 1. The monoisotopic (exact) mass is 345 g/mol. The van der Waals surface area contributed by atoms with E-state index in [0.29, 0.717) is 19.4 Å². The molecule has 2 rings (SSSR count). The van der Waals surface area contributed by atoms with Crippen LogP contribution in [0.4, 0.5) is 0 Å². The van der Waals surface area contributed by atoms with Crippen molar-refractivity contribution < 1.29 is 9.59 Å². The van der Waals surface area contributed by atoms with Crippen LogP contribution in [-0.4, -0.2) is 16.8 Å². The molecule has 0 fully saturated rings. The average molecular weight is 345 g/mol. The number of thiazole rings is 1. The van der Waals surface area contributed by atoms with Gasteiger partial charge in [-0.1, -0.05) is 30.7 Å². The van der Waals surface area contributed by atoms with E-state index in [1.807, 2.05) is 17.5 Å². The topological polar surface area (TPSA) is 85.1 Å². The highest BCUT2D eigenvalue weighted by Gasteiger charge is 2.08. The number of hydrogen-bond acceptors (Lipinski definition) is 4. The first kappa shape index (κ1) is 18.1. The Morgan fingerprint density at radius 2 is 1.92 bits per heavy atom. The van der Waals surface area contributed by atoms with Crippen molar-refractivity contribution in [2.24, 2.45) is 5.73 Å². The summed E-state index contributed by atoms with van der Waals surface area (Å²) in [5.41, 5.74) is 8.28. The van der Waals surface area contributed by atoms with Crippen molar-refractivity contribution in [3.8, 4) is 10.6 Å². The van der Waals surface area contributed by atoms with Gasteiger partial charge >= 0.3 is 0 Å². The normalized spacial score (nSPS) is 10.5. The Balaban J connectivity index is 1.74. The number of carbonyl (C=O) groups excluding carboxylic acids is 2. The summed E-state index contributed by atoms with van der Waals surface area (Å²) < 4.78 is 0. The molecule has 0 atom stereocenters. The molecule has 0 aliphatic rings. The van der Waals surface area contributed by atoms with Crippen LogP contribution in [0.1, 0.15) is 43.4 Å². The molecule has 128 valence electrons. The van der Waals surface area contributed by atoms with Gasteiger partial charge in [-0.2, -0.15) is 0 Å². The van der Waals surface area contributed by atoms with Gasteiger partial charge in [-0.05, 0) is 25.3 Å². The van der Waals surface area contributed by atoms with Crippen LogP contribution >= 0.6 is 11.3 Å². The Morgan fingerprint density at radius 1 is 1.17 bits per heavy atom. The number of nitrogens with one attached hydrogen (secondary N) is 1. The fraction of sp³-hybridized carbons (Fsp3) is 0.389. The van der Waals surface area contributed by atoms with Crippen LogP contribution in [-0.2, 0) is 16.1 Å². The molecule has 3 N–H and O–H groups in total. The second kappa shape index (κ2) is 9.17. The largest absolute Gasteiger partial charge is 0.370 e. The molecule has 2 aromatic rings. The molecule has 0 radical (unpaired) electrons. The van der Waals surface area contributed by atoms with E-state index in [9.17, 15) is 9.59 Å². The van der Waals surface area contributed by atoms with Crippen LogP contribution in [0.15, 0.2) is 29.6 Å². The van der Waals surface area contributed by atoms with Gasteiger partial charge in [-0.25, -0.2) is 4.98 Å². The number of carbonyl (C=O) groups is 2. The molecule has 1 aromatic carbocycles. The second-order valence-electron chi connectivity index (χ2n) is 5.76. The lowest BCUT2D eigenvalue weighted by Crippen LogP contribution is -2.22. The Labute approximate surface area is 146 Å². The zero-order valence-corrected chi connectivity index (χ0v) is 14.7. The minimum atomic E-state index is -0.285. The quantitative estimate of drug-likeness (QED) is 0.685. The van der Waals surface area contributed by atoms with Gasteiger partial charge in [0.1, 0.15) is 5.01 Å². The number of amides is 2. The first-order valence-corrected chi connectivity index (χ1v) is 8.99. The summed E-state index contributed by atoms with van der Waals surface area (Å²) in [6, 6.07) is 8.14. The zero-order valence-electron chi connectivity index (χ0n) is 13.9. The van der Waals surface area contributed by atoms with Crippen molar-refractivity contribution in [1.82, 2.24) is 10.3 Å². The van der Waals surface area contributed by atoms with Crippen LogP contribution in [0.3, 0.4) is 0 Å². The number of benzene rings is 1. The zero-order chi connectivity index (χ0) is 17.4. The van der Waals surface area contributed by atoms with Crippen molar-refractivity contribution in [2.45, 2.75) is 45.6 Å². The predicted octanol–water partition coefficient (Wildman–Crippen LogP) is 3.17. The number of hydrogen-bond donors (Lipinski definition) is 2. The summed E-state index contributed by atoms with van der Waals surface area (Å²) in [6.07, 6.45) is 3.21. The lowest BCUT2D eigenvalue weighted by Gasteiger charge is -2.03. The molecule has 2 amide bonds. The van der Waals surface area contributed by atoms with Gasteiger partial charge in [0.2, 0.25) is 11.8 Å². The van der Waals surface area contributed by atoms with Crippen molar-refractivity contribution in [2.75, 3.05) is 0 Å². The van der Waals surface area contributed by atoms with E-state index in [1.54, 1.807) is 11.3 Å². The third kappa shape index (κ3) is 5.77. The number of nitrogens with zero attached hydrogens (tertiary/aromatic N) is 1. The summed E-state index contributed by atoms with van der Waals surface area (Å²) in [4.78, 5) is 27.0. The Hall–Kier alpha value is -2.21. The molecule has 0 aliphatic heterocycles. The highest BCUT2D eigenvalue weighted by Crippen LogP contribution is 2.26. The summed E-state index contributed by atoms with van der Waals surface area (Å²) in [5, 5.41) is 5.85. The fourth-order valence-corrected chi connectivity index (χ4v) is 3.27. The van der Waals surface area contributed by atoms with Gasteiger partial charge < -0.3 is 11.1 Å². The van der Waals surface area contributed by atoms with Crippen molar-refractivity contribution in [3.05, 3.63) is 40.9 Å².